The maximum absolute atomic E-state index is 12.5. The number of fused-ring (bicyclic) bond motifs is 1. The minimum Gasteiger partial charge on any atom is -0.457 e. The molecule has 2 aromatic carbocycles. The van der Waals surface area contributed by atoms with Crippen molar-refractivity contribution in [2.45, 2.75) is 27.4 Å². The number of benzene rings is 2. The molecule has 0 unspecified atom stereocenters. The van der Waals surface area contributed by atoms with Crippen LogP contribution in [0, 0.1) is 20.8 Å². The van der Waals surface area contributed by atoms with Crippen LogP contribution in [0.25, 0.3) is 16.7 Å². The summed E-state index contributed by atoms with van der Waals surface area (Å²) in [5, 5.41) is 5.19. The summed E-state index contributed by atoms with van der Waals surface area (Å²) in [6, 6.07) is 16.0. The van der Waals surface area contributed by atoms with Gasteiger partial charge < -0.3 is 9.15 Å². The molecule has 0 radical (unpaired) electrons. The summed E-state index contributed by atoms with van der Waals surface area (Å²) >= 11 is 0. The molecule has 0 saturated heterocycles. The summed E-state index contributed by atoms with van der Waals surface area (Å²) in [7, 11) is 0. The van der Waals surface area contributed by atoms with Crippen LogP contribution in [-0.4, -0.2) is 15.7 Å². The van der Waals surface area contributed by atoms with Crippen LogP contribution in [0.4, 0.5) is 0 Å². The fraction of sp³-hybridized carbons (Fsp3) is 0.174. The number of aryl methyl sites for hydroxylation is 3. The van der Waals surface area contributed by atoms with Crippen molar-refractivity contribution in [3.63, 3.8) is 0 Å². The molecule has 0 saturated carbocycles. The molecule has 0 fully saturated rings. The van der Waals surface area contributed by atoms with Crippen LogP contribution in [0.3, 0.4) is 0 Å². The van der Waals surface area contributed by atoms with E-state index in [4.69, 9.17) is 9.15 Å². The van der Waals surface area contributed by atoms with Crippen LogP contribution in [0.1, 0.15) is 32.9 Å². The third-order valence-corrected chi connectivity index (χ3v) is 4.70. The first-order valence-corrected chi connectivity index (χ1v) is 9.25. The zero-order valence-electron chi connectivity index (χ0n) is 16.4. The average molecular weight is 388 g/mol. The Morgan fingerprint density at radius 2 is 1.79 bits per heavy atom. The van der Waals surface area contributed by atoms with Crippen LogP contribution in [0.2, 0.25) is 0 Å². The van der Waals surface area contributed by atoms with Crippen molar-refractivity contribution in [2.75, 3.05) is 0 Å². The number of hydrogen-bond donors (Lipinski definition) is 0. The molecule has 146 valence electrons. The second-order valence-corrected chi connectivity index (χ2v) is 7.05. The SMILES string of the molecule is Cc1ccc2c(COC(=O)c3ccc(-n4nc(C)cc4C)cc3)cc(=O)oc2c1. The maximum Gasteiger partial charge on any atom is 0.338 e. The molecule has 4 rings (SSSR count). The van der Waals surface area contributed by atoms with Crippen molar-refractivity contribution in [2.24, 2.45) is 0 Å². The lowest BCUT2D eigenvalue weighted by Crippen LogP contribution is -2.08. The lowest BCUT2D eigenvalue weighted by molar-refractivity contribution is 0.0474. The first-order chi connectivity index (χ1) is 13.9. The number of nitrogens with zero attached hydrogens (tertiary/aromatic N) is 2. The van der Waals surface area contributed by atoms with Crippen molar-refractivity contribution >= 4 is 16.9 Å². The van der Waals surface area contributed by atoms with E-state index in [1.165, 1.54) is 6.07 Å². The van der Waals surface area contributed by atoms with Crippen LogP contribution in [0.15, 0.2) is 63.8 Å². The molecule has 0 amide bonds. The molecule has 0 aliphatic heterocycles. The van der Waals surface area contributed by atoms with E-state index in [2.05, 4.69) is 5.10 Å². The average Bonchev–Trinajstić information content (AvgIpc) is 3.03. The van der Waals surface area contributed by atoms with Gasteiger partial charge in [0.1, 0.15) is 12.2 Å². The van der Waals surface area contributed by atoms with Gasteiger partial charge in [0.15, 0.2) is 0 Å². The van der Waals surface area contributed by atoms with E-state index in [9.17, 15) is 9.59 Å². The van der Waals surface area contributed by atoms with E-state index < -0.39 is 11.6 Å². The molecule has 6 nitrogen and oxygen atoms in total. The number of ether oxygens (including phenoxy) is 1. The zero-order chi connectivity index (χ0) is 20.5. The fourth-order valence-corrected chi connectivity index (χ4v) is 3.31. The highest BCUT2D eigenvalue weighted by Gasteiger charge is 2.12. The Labute approximate surface area is 167 Å². The molecule has 0 aliphatic rings. The van der Waals surface area contributed by atoms with Crippen LogP contribution < -0.4 is 5.63 Å². The Morgan fingerprint density at radius 3 is 2.48 bits per heavy atom. The molecule has 29 heavy (non-hydrogen) atoms. The number of hydrogen-bond acceptors (Lipinski definition) is 5. The molecule has 6 heteroatoms. The predicted molar refractivity (Wildman–Crippen MR) is 109 cm³/mol. The minimum atomic E-state index is -0.469. The first-order valence-electron chi connectivity index (χ1n) is 9.25. The summed E-state index contributed by atoms with van der Waals surface area (Å²) in [5.41, 5.74) is 4.86. The number of carbonyl (C=O) groups is 1. The Balaban J connectivity index is 1.52. The van der Waals surface area contributed by atoms with Gasteiger partial charge in [-0.3, -0.25) is 0 Å². The molecule has 2 heterocycles. The zero-order valence-corrected chi connectivity index (χ0v) is 16.4. The minimum absolute atomic E-state index is 0.0107. The quantitative estimate of drug-likeness (QED) is 0.386. The third-order valence-electron chi connectivity index (χ3n) is 4.70. The summed E-state index contributed by atoms with van der Waals surface area (Å²) in [5.74, 6) is -0.460. The summed E-state index contributed by atoms with van der Waals surface area (Å²) in [4.78, 5) is 24.3. The highest BCUT2D eigenvalue weighted by Crippen LogP contribution is 2.20. The van der Waals surface area contributed by atoms with Crippen LogP contribution in [-0.2, 0) is 11.3 Å². The van der Waals surface area contributed by atoms with E-state index in [-0.39, 0.29) is 6.61 Å². The topological polar surface area (TPSA) is 74.3 Å². The molecule has 0 spiro atoms. The summed E-state index contributed by atoms with van der Waals surface area (Å²) in [6.07, 6.45) is 0. The normalized spacial score (nSPS) is 11.0. The molecular weight excluding hydrogens is 368 g/mol. The number of aromatic nitrogens is 2. The monoisotopic (exact) mass is 388 g/mol. The summed E-state index contributed by atoms with van der Waals surface area (Å²) < 4.78 is 12.5. The standard InChI is InChI=1S/C23H20N2O4/c1-14-4-9-20-18(12-22(26)29-21(20)10-14)13-28-23(27)17-5-7-19(8-6-17)25-16(3)11-15(2)24-25/h4-12H,13H2,1-3H3. The van der Waals surface area contributed by atoms with Gasteiger partial charge in [-0.05, 0) is 62.7 Å². The maximum atomic E-state index is 12.5. The first kappa shape index (κ1) is 18.7. The molecule has 0 N–H and O–H groups in total. The highest BCUT2D eigenvalue weighted by atomic mass is 16.5. The van der Waals surface area contributed by atoms with Crippen molar-refractivity contribution in [1.82, 2.24) is 9.78 Å². The van der Waals surface area contributed by atoms with Crippen molar-refractivity contribution < 1.29 is 13.9 Å². The van der Waals surface area contributed by atoms with Crippen LogP contribution in [0.5, 0.6) is 0 Å². The van der Waals surface area contributed by atoms with E-state index in [1.807, 2.05) is 55.8 Å². The summed E-state index contributed by atoms with van der Waals surface area (Å²) in [6.45, 7) is 5.82. The second kappa shape index (κ2) is 7.39. The van der Waals surface area contributed by atoms with E-state index in [0.717, 1.165) is 28.0 Å². The van der Waals surface area contributed by atoms with Gasteiger partial charge in [-0.2, -0.15) is 5.10 Å². The van der Waals surface area contributed by atoms with Gasteiger partial charge in [-0.15, -0.1) is 0 Å². The molecular formula is C23H20N2O4. The molecule has 0 atom stereocenters. The lowest BCUT2D eigenvalue weighted by Gasteiger charge is -2.09. The van der Waals surface area contributed by atoms with E-state index >= 15 is 0 Å². The van der Waals surface area contributed by atoms with Gasteiger partial charge in [0.2, 0.25) is 0 Å². The van der Waals surface area contributed by atoms with Gasteiger partial charge >= 0.3 is 11.6 Å². The fourth-order valence-electron chi connectivity index (χ4n) is 3.31. The van der Waals surface area contributed by atoms with E-state index in [0.29, 0.717) is 16.7 Å². The molecule has 2 aromatic heterocycles. The smallest absolute Gasteiger partial charge is 0.338 e. The predicted octanol–water partition coefficient (Wildman–Crippen LogP) is 4.26. The lowest BCUT2D eigenvalue weighted by atomic mass is 10.1. The molecule has 0 aliphatic carbocycles. The Morgan fingerprint density at radius 1 is 1.03 bits per heavy atom. The van der Waals surface area contributed by atoms with Gasteiger partial charge in [0.05, 0.1) is 16.9 Å². The highest BCUT2D eigenvalue weighted by molar-refractivity contribution is 5.90. The Bertz CT molecular complexity index is 1270. The third kappa shape index (κ3) is 3.82. The van der Waals surface area contributed by atoms with E-state index in [1.54, 1.807) is 18.2 Å². The number of carbonyl (C=O) groups excluding carboxylic acids is 1. The van der Waals surface area contributed by atoms with Crippen molar-refractivity contribution in [1.29, 1.82) is 0 Å². The van der Waals surface area contributed by atoms with Crippen molar-refractivity contribution in [3.8, 4) is 5.69 Å². The van der Waals surface area contributed by atoms with Crippen LogP contribution >= 0.6 is 0 Å². The number of rotatable bonds is 4. The van der Waals surface area contributed by atoms with Gasteiger partial charge in [-0.25, -0.2) is 14.3 Å². The Kier molecular flexibility index (Phi) is 4.76. The molecule has 0 bridgehead atoms. The largest absolute Gasteiger partial charge is 0.457 e. The Hall–Kier alpha value is -3.67. The van der Waals surface area contributed by atoms with Gasteiger partial charge in [0.25, 0.3) is 0 Å². The number of esters is 1. The van der Waals surface area contributed by atoms with Crippen molar-refractivity contribution in [3.05, 3.63) is 93.1 Å². The van der Waals surface area contributed by atoms with Gasteiger partial charge in [-0.1, -0.05) is 12.1 Å². The van der Waals surface area contributed by atoms with Gasteiger partial charge in [0, 0.05) is 22.7 Å². The molecule has 4 aromatic rings. The second-order valence-electron chi connectivity index (χ2n) is 7.05.